The van der Waals surface area contributed by atoms with Gasteiger partial charge in [0.05, 0.1) is 133 Å². The third-order valence-electron chi connectivity index (χ3n) is 18.5. The molecular weight excluding hydrogens is 1370 g/mol. The molecule has 0 spiro atoms. The highest BCUT2D eigenvalue weighted by Crippen LogP contribution is 2.48. The Morgan fingerprint density at radius 2 is 0.676 bits per heavy atom. The number of amides is 2. The number of benzene rings is 8. The van der Waals surface area contributed by atoms with E-state index in [1.807, 2.05) is 214 Å². The van der Waals surface area contributed by atoms with Gasteiger partial charge in [0, 0.05) is 52.8 Å². The summed E-state index contributed by atoms with van der Waals surface area (Å²) in [6, 6.07) is 61.3. The maximum atomic E-state index is 12.0. The zero-order valence-electron chi connectivity index (χ0n) is 61.0. The smallest absolute Gasteiger partial charge is 0.303 e. The number of hydrogen-bond acceptors (Lipinski definition) is 17. The monoisotopic (exact) mass is 1450 g/mol. The lowest BCUT2D eigenvalue weighted by Crippen LogP contribution is -2.07. The van der Waals surface area contributed by atoms with Crippen molar-refractivity contribution in [3.05, 3.63) is 250 Å². The molecule has 0 saturated heterocycles. The number of aromatic hydroxyl groups is 1. The molecule has 5 N–H and O–H groups in total. The van der Waals surface area contributed by atoms with E-state index in [0.717, 1.165) is 140 Å². The van der Waals surface area contributed by atoms with Crippen LogP contribution in [-0.4, -0.2) is 82.1 Å². The van der Waals surface area contributed by atoms with Crippen LogP contribution in [-0.2, 0) is 9.59 Å². The second kappa shape index (κ2) is 30.8. The molecule has 0 fully saturated rings. The lowest BCUT2D eigenvalue weighted by Gasteiger charge is -2.13. The second-order valence-electron chi connectivity index (χ2n) is 25.3. The summed E-state index contributed by atoms with van der Waals surface area (Å²) >= 11 is 0. The number of methoxy groups -OCH3 is 3. The SMILES string of the molecule is C.CC(=O)Nc1c(-c2c(C)noc2C)n(-c2ccc(O)cc2)c2ccccc12.COc1ccc(-n2c(-c3c(C)noc3C)c(N)c3ccccc32)cc1.COc1ccc(-n2c(-c3c(C)noc3C)c(NC(C)=O)c3ccccc32)cc1.COc1ccc(-n2c(-c3c(C)noc3C)c([N+](=O)[O-])c3ccccc32)cc1. The minimum Gasteiger partial charge on any atom is -0.508 e. The molecule has 0 aliphatic heterocycles. The van der Waals surface area contributed by atoms with Gasteiger partial charge in [-0.05, 0) is 183 Å². The molecule has 24 heteroatoms. The summed E-state index contributed by atoms with van der Waals surface area (Å²) in [5.41, 5.74) is 25.3. The number of carbonyl (C=O) groups is 2. The molecule has 2 amide bonds. The number of nitrogens with one attached hydrogen (secondary N) is 2. The van der Waals surface area contributed by atoms with Crippen LogP contribution in [0.2, 0.25) is 0 Å². The number of fused-ring (bicyclic) bond motifs is 4. The number of anilines is 3. The zero-order valence-corrected chi connectivity index (χ0v) is 61.0. The fraction of sp³-hybridized carbons (Fsp3) is 0.167. The Balaban J connectivity index is 0.000000134. The molecule has 8 aromatic heterocycles. The summed E-state index contributed by atoms with van der Waals surface area (Å²) in [6.07, 6.45) is 0. The van der Waals surface area contributed by atoms with E-state index in [-0.39, 0.29) is 35.6 Å². The van der Waals surface area contributed by atoms with Crippen LogP contribution < -0.4 is 30.6 Å². The van der Waals surface area contributed by atoms with E-state index in [0.29, 0.717) is 51.1 Å². The lowest BCUT2D eigenvalue weighted by atomic mass is 10.1. The minimum atomic E-state index is -0.344. The Bertz CT molecular complexity index is 5930. The Morgan fingerprint density at radius 1 is 0.407 bits per heavy atom. The van der Waals surface area contributed by atoms with Crippen molar-refractivity contribution >= 4 is 78.2 Å². The molecule has 0 aliphatic carbocycles. The highest BCUT2D eigenvalue weighted by atomic mass is 16.6. The van der Waals surface area contributed by atoms with Gasteiger partial charge in [0.25, 0.3) is 0 Å². The number of carbonyl (C=O) groups excluding carboxylic acids is 2. The van der Waals surface area contributed by atoms with Crippen molar-refractivity contribution < 1.29 is 51.9 Å². The predicted molar refractivity (Wildman–Crippen MR) is 421 cm³/mol. The topological polar surface area (TPSA) is 299 Å². The van der Waals surface area contributed by atoms with Gasteiger partial charge in [0.1, 0.15) is 51.7 Å². The molecular formula is C84H80N12O12. The van der Waals surface area contributed by atoms with E-state index in [1.54, 1.807) is 59.4 Å². The summed E-state index contributed by atoms with van der Waals surface area (Å²) in [6.45, 7) is 17.9. The fourth-order valence-electron chi connectivity index (χ4n) is 13.9. The van der Waals surface area contributed by atoms with Crippen molar-refractivity contribution in [1.29, 1.82) is 0 Å². The van der Waals surface area contributed by atoms with Crippen LogP contribution in [0.3, 0.4) is 0 Å². The van der Waals surface area contributed by atoms with E-state index in [4.69, 9.17) is 38.0 Å². The molecule has 0 bridgehead atoms. The largest absolute Gasteiger partial charge is 0.508 e. The average molecular weight is 1450 g/mol. The van der Waals surface area contributed by atoms with E-state index in [9.17, 15) is 24.8 Å². The van der Waals surface area contributed by atoms with E-state index in [2.05, 4.69) is 46.5 Å². The molecule has 8 aromatic carbocycles. The van der Waals surface area contributed by atoms with Crippen molar-refractivity contribution in [1.82, 2.24) is 38.9 Å². The van der Waals surface area contributed by atoms with Gasteiger partial charge in [-0.2, -0.15) is 0 Å². The highest BCUT2D eigenvalue weighted by molar-refractivity contribution is 6.11. The van der Waals surface area contributed by atoms with Crippen molar-refractivity contribution in [3.63, 3.8) is 0 Å². The van der Waals surface area contributed by atoms with Crippen LogP contribution in [0.4, 0.5) is 22.7 Å². The number of nitro groups is 1. The van der Waals surface area contributed by atoms with E-state index < -0.39 is 0 Å². The molecule has 24 nitrogen and oxygen atoms in total. The van der Waals surface area contributed by atoms with Gasteiger partial charge in [-0.3, -0.25) is 19.7 Å². The summed E-state index contributed by atoms with van der Waals surface area (Å²) in [4.78, 5) is 35.6. The molecule has 0 aliphatic rings. The third-order valence-corrected chi connectivity index (χ3v) is 18.5. The molecule has 0 atom stereocenters. The number of para-hydroxylation sites is 4. The van der Waals surface area contributed by atoms with Gasteiger partial charge in [-0.25, -0.2) is 0 Å². The first-order chi connectivity index (χ1) is 51.6. The zero-order chi connectivity index (χ0) is 75.6. The molecule has 0 saturated carbocycles. The van der Waals surface area contributed by atoms with Gasteiger partial charge in [0.15, 0.2) is 0 Å². The number of phenols is 1. The van der Waals surface area contributed by atoms with Crippen molar-refractivity contribution in [2.75, 3.05) is 37.7 Å². The van der Waals surface area contributed by atoms with Crippen LogP contribution in [0.5, 0.6) is 23.0 Å². The van der Waals surface area contributed by atoms with Crippen LogP contribution in [0.1, 0.15) is 67.1 Å². The average Bonchev–Trinajstić information content (AvgIpc) is 1.60. The maximum Gasteiger partial charge on any atom is 0.303 e. The van der Waals surface area contributed by atoms with E-state index in [1.165, 1.54) is 13.8 Å². The highest BCUT2D eigenvalue weighted by Gasteiger charge is 2.33. The second-order valence-corrected chi connectivity index (χ2v) is 25.3. The first-order valence-electron chi connectivity index (χ1n) is 34.1. The Morgan fingerprint density at radius 3 is 0.991 bits per heavy atom. The molecule has 0 radical (unpaired) electrons. The number of rotatable bonds is 14. The van der Waals surface area contributed by atoms with Gasteiger partial charge >= 0.3 is 5.69 Å². The Kier molecular flexibility index (Phi) is 21.1. The van der Waals surface area contributed by atoms with Gasteiger partial charge in [-0.1, -0.05) is 94.8 Å². The number of aromatic nitrogens is 8. The molecule has 108 heavy (non-hydrogen) atoms. The van der Waals surface area contributed by atoms with Crippen molar-refractivity contribution in [3.8, 4) is 90.8 Å². The van der Waals surface area contributed by atoms with Crippen LogP contribution in [0.25, 0.3) is 111 Å². The maximum absolute atomic E-state index is 12.0. The van der Waals surface area contributed by atoms with Crippen molar-refractivity contribution in [2.45, 2.75) is 76.7 Å². The fourth-order valence-corrected chi connectivity index (χ4v) is 13.9. The quantitative estimate of drug-likeness (QED) is 0.0581. The normalized spacial score (nSPS) is 11.0. The summed E-state index contributed by atoms with van der Waals surface area (Å²) in [5, 5.41) is 47.5. The van der Waals surface area contributed by atoms with Gasteiger partial charge < -0.3 is 72.0 Å². The Labute approximate surface area is 621 Å². The predicted octanol–water partition coefficient (Wildman–Crippen LogP) is 19.4. The number of hydrogen-bond donors (Lipinski definition) is 4. The molecule has 16 rings (SSSR count). The summed E-state index contributed by atoms with van der Waals surface area (Å²) in [7, 11) is 4.90. The van der Waals surface area contributed by atoms with Gasteiger partial charge in [0.2, 0.25) is 11.8 Å². The number of aryl methyl sites for hydroxylation is 8. The molecule has 8 heterocycles. The molecule has 0 unspecified atom stereocenters. The third kappa shape index (κ3) is 13.7. The van der Waals surface area contributed by atoms with Crippen LogP contribution in [0.15, 0.2) is 212 Å². The molecule has 548 valence electrons. The first kappa shape index (κ1) is 73.8. The Hall–Kier alpha value is -13.9. The van der Waals surface area contributed by atoms with E-state index >= 15 is 0 Å². The van der Waals surface area contributed by atoms with Crippen LogP contribution in [0, 0.1) is 65.5 Å². The number of ether oxygens (including phenoxy) is 3. The minimum absolute atomic E-state index is 0. The standard InChI is InChI=1S/C22H21N3O3.C21H19N3O3.C20H17N3O4.C20H19N3O2.CH4/c1-13-20(14(2)28-24-13)22-21(23-15(3)26)18-7-5-6-8-19(18)25(22)16-9-11-17(27-4)12-10-16;1-12-19(13(2)27-23-12)21-20(22-14(3)25)17-6-4-5-7-18(17)24(21)15-8-10-16(26)11-9-15;1-12-18(13(2)27-21-12)20-19(23(24)25)16-6-4-5-7-17(16)22(20)14-8-10-15(26-3)11-9-14;1-12-18(13(2)25-22-12)20-19(21)16-6-4-5-7-17(16)23(20)14-8-10-15(24-3)11-9-14;/h5-12H,1-4H3,(H,23,26);4-11,26H,1-3H3,(H,22,25);4-11H,1-3H3;4-11H,21H2,1-3H3;1H4. The molecule has 16 aromatic rings. The number of phenolic OH excluding ortho intramolecular Hbond substituents is 1. The van der Waals surface area contributed by atoms with Crippen LogP contribution >= 0.6 is 0 Å². The number of nitrogen functional groups attached to an aromatic ring is 1. The number of nitrogens with zero attached hydrogens (tertiary/aromatic N) is 9. The lowest BCUT2D eigenvalue weighted by molar-refractivity contribution is -0.382. The number of nitrogens with two attached hydrogens (primary N) is 1. The summed E-state index contributed by atoms with van der Waals surface area (Å²) < 4.78 is 45.5. The first-order valence-corrected chi connectivity index (χ1v) is 34.1. The van der Waals surface area contributed by atoms with Gasteiger partial charge in [-0.15, -0.1) is 0 Å². The summed E-state index contributed by atoms with van der Waals surface area (Å²) in [5.74, 6) is 4.86. The van der Waals surface area contributed by atoms with Crippen molar-refractivity contribution in [2.24, 2.45) is 0 Å².